The van der Waals surface area contributed by atoms with Gasteiger partial charge in [-0.25, -0.2) is 4.39 Å². The van der Waals surface area contributed by atoms with Crippen LogP contribution in [-0.4, -0.2) is 10.9 Å². The molecular weight excluding hydrogens is 322 g/mol. The van der Waals surface area contributed by atoms with E-state index in [1.54, 1.807) is 6.07 Å². The molecule has 0 aliphatic heterocycles. The molecule has 0 radical (unpaired) electrons. The average molecular weight is 330 g/mol. The zero-order valence-corrected chi connectivity index (χ0v) is 11.3. The molecule has 1 amide bonds. The molecule has 1 N–H and O–H groups in total. The molecule has 0 saturated heterocycles. The van der Waals surface area contributed by atoms with Crippen molar-refractivity contribution in [3.8, 4) is 0 Å². The van der Waals surface area contributed by atoms with Gasteiger partial charge in [-0.1, -0.05) is 11.6 Å². The zero-order chi connectivity index (χ0) is 13.1. The van der Waals surface area contributed by atoms with Crippen molar-refractivity contribution in [1.82, 2.24) is 4.98 Å². The standard InChI is InChI=1S/C12H7BrClFN2O/c13-9-6-16-4-3-11(9)17-12(18)8-5-7(14)1-2-10(8)15/h1-6H,(H,16,17,18). The number of nitrogens with zero attached hydrogens (tertiary/aromatic N) is 1. The van der Waals surface area contributed by atoms with E-state index in [9.17, 15) is 9.18 Å². The minimum atomic E-state index is -0.623. The van der Waals surface area contributed by atoms with E-state index in [1.807, 2.05) is 0 Å². The van der Waals surface area contributed by atoms with Gasteiger partial charge in [-0.05, 0) is 40.2 Å². The maximum absolute atomic E-state index is 13.5. The number of hydrogen-bond acceptors (Lipinski definition) is 2. The summed E-state index contributed by atoms with van der Waals surface area (Å²) in [5.41, 5.74) is 0.403. The van der Waals surface area contributed by atoms with Crippen molar-refractivity contribution in [3.63, 3.8) is 0 Å². The van der Waals surface area contributed by atoms with Gasteiger partial charge < -0.3 is 5.32 Å². The van der Waals surface area contributed by atoms with Crippen molar-refractivity contribution in [2.24, 2.45) is 0 Å². The predicted octanol–water partition coefficient (Wildman–Crippen LogP) is 3.89. The van der Waals surface area contributed by atoms with Gasteiger partial charge in [0.1, 0.15) is 5.82 Å². The number of halogens is 3. The maximum Gasteiger partial charge on any atom is 0.258 e. The highest BCUT2D eigenvalue weighted by Crippen LogP contribution is 2.22. The van der Waals surface area contributed by atoms with Crippen molar-refractivity contribution < 1.29 is 9.18 Å². The maximum atomic E-state index is 13.5. The Morgan fingerprint density at radius 3 is 2.89 bits per heavy atom. The first-order valence-electron chi connectivity index (χ1n) is 4.94. The Bertz CT molecular complexity index is 606. The number of carbonyl (C=O) groups is 1. The Balaban J connectivity index is 2.28. The van der Waals surface area contributed by atoms with Crippen LogP contribution in [-0.2, 0) is 0 Å². The first-order chi connectivity index (χ1) is 8.58. The second-order valence-corrected chi connectivity index (χ2v) is 4.72. The van der Waals surface area contributed by atoms with E-state index in [1.165, 1.54) is 24.5 Å². The lowest BCUT2D eigenvalue weighted by Gasteiger charge is -2.07. The molecule has 1 aromatic heterocycles. The van der Waals surface area contributed by atoms with Gasteiger partial charge in [0.2, 0.25) is 0 Å². The summed E-state index contributed by atoms with van der Waals surface area (Å²) in [6.45, 7) is 0. The van der Waals surface area contributed by atoms with Gasteiger partial charge in [-0.2, -0.15) is 0 Å². The highest BCUT2D eigenvalue weighted by molar-refractivity contribution is 9.10. The number of pyridine rings is 1. The van der Waals surface area contributed by atoms with Crippen LogP contribution in [0.5, 0.6) is 0 Å². The molecule has 0 spiro atoms. The van der Waals surface area contributed by atoms with Crippen LogP contribution >= 0.6 is 27.5 Å². The Labute approximate surface area is 116 Å². The smallest absolute Gasteiger partial charge is 0.258 e. The molecule has 0 bridgehead atoms. The first-order valence-corrected chi connectivity index (χ1v) is 6.11. The Morgan fingerprint density at radius 1 is 1.39 bits per heavy atom. The second kappa shape index (κ2) is 5.46. The number of rotatable bonds is 2. The summed E-state index contributed by atoms with van der Waals surface area (Å²) < 4.78 is 14.1. The van der Waals surface area contributed by atoms with Gasteiger partial charge in [0.15, 0.2) is 0 Å². The first kappa shape index (κ1) is 13.0. The molecule has 0 aliphatic rings. The predicted molar refractivity (Wildman–Crippen MR) is 71.3 cm³/mol. The van der Waals surface area contributed by atoms with Gasteiger partial charge in [-0.15, -0.1) is 0 Å². The fourth-order valence-corrected chi connectivity index (χ4v) is 1.86. The average Bonchev–Trinajstić information content (AvgIpc) is 2.35. The molecule has 1 aromatic carbocycles. The van der Waals surface area contributed by atoms with Crippen molar-refractivity contribution in [3.05, 3.63) is 57.5 Å². The molecule has 1 heterocycles. The molecule has 0 fully saturated rings. The molecule has 18 heavy (non-hydrogen) atoms. The third-order valence-electron chi connectivity index (χ3n) is 2.19. The number of amides is 1. The van der Waals surface area contributed by atoms with Crippen LogP contribution in [0.15, 0.2) is 41.1 Å². The fraction of sp³-hybridized carbons (Fsp3) is 0. The summed E-state index contributed by atoms with van der Waals surface area (Å²) in [7, 11) is 0. The monoisotopic (exact) mass is 328 g/mol. The molecule has 2 rings (SSSR count). The van der Waals surface area contributed by atoms with Gasteiger partial charge in [0, 0.05) is 17.4 Å². The van der Waals surface area contributed by atoms with Crippen LogP contribution in [0.1, 0.15) is 10.4 Å². The minimum Gasteiger partial charge on any atom is -0.321 e. The Kier molecular flexibility index (Phi) is 3.93. The number of nitrogens with one attached hydrogen (secondary N) is 1. The van der Waals surface area contributed by atoms with E-state index in [0.717, 1.165) is 6.07 Å². The summed E-state index contributed by atoms with van der Waals surface area (Å²) in [6.07, 6.45) is 3.05. The molecule has 0 saturated carbocycles. The lowest BCUT2D eigenvalue weighted by Crippen LogP contribution is -2.14. The minimum absolute atomic E-state index is 0.105. The number of aromatic nitrogens is 1. The zero-order valence-electron chi connectivity index (χ0n) is 8.95. The molecule has 0 atom stereocenters. The van der Waals surface area contributed by atoms with Crippen LogP contribution in [0.3, 0.4) is 0 Å². The summed E-state index contributed by atoms with van der Waals surface area (Å²) in [6, 6.07) is 5.42. The van der Waals surface area contributed by atoms with Gasteiger partial charge >= 0.3 is 0 Å². The largest absolute Gasteiger partial charge is 0.321 e. The van der Waals surface area contributed by atoms with Crippen LogP contribution < -0.4 is 5.32 Å². The molecule has 6 heteroatoms. The van der Waals surface area contributed by atoms with Gasteiger partial charge in [0.05, 0.1) is 15.7 Å². The van der Waals surface area contributed by atoms with Crippen molar-refractivity contribution in [2.75, 3.05) is 5.32 Å². The molecule has 0 aliphatic carbocycles. The van der Waals surface area contributed by atoms with E-state index in [0.29, 0.717) is 15.2 Å². The fourth-order valence-electron chi connectivity index (χ4n) is 1.34. The highest BCUT2D eigenvalue weighted by atomic mass is 79.9. The van der Waals surface area contributed by atoms with Crippen molar-refractivity contribution in [2.45, 2.75) is 0 Å². The van der Waals surface area contributed by atoms with E-state index >= 15 is 0 Å². The number of benzene rings is 1. The molecule has 2 aromatic rings. The topological polar surface area (TPSA) is 42.0 Å². The normalized spacial score (nSPS) is 10.2. The van der Waals surface area contributed by atoms with Gasteiger partial charge in [-0.3, -0.25) is 9.78 Å². The lowest BCUT2D eigenvalue weighted by atomic mass is 10.2. The van der Waals surface area contributed by atoms with E-state index in [-0.39, 0.29) is 5.56 Å². The molecule has 3 nitrogen and oxygen atoms in total. The SMILES string of the molecule is O=C(Nc1ccncc1Br)c1cc(Cl)ccc1F. The highest BCUT2D eigenvalue weighted by Gasteiger charge is 2.13. The van der Waals surface area contributed by atoms with Gasteiger partial charge in [0.25, 0.3) is 5.91 Å². The Hall–Kier alpha value is -1.46. The molecular formula is C12H7BrClFN2O. The van der Waals surface area contributed by atoms with Crippen LogP contribution in [0.4, 0.5) is 10.1 Å². The number of carbonyl (C=O) groups excluding carboxylic acids is 1. The van der Waals surface area contributed by atoms with E-state index in [4.69, 9.17) is 11.6 Å². The van der Waals surface area contributed by atoms with Crippen LogP contribution in [0.25, 0.3) is 0 Å². The summed E-state index contributed by atoms with van der Waals surface area (Å²) >= 11 is 8.96. The second-order valence-electron chi connectivity index (χ2n) is 3.43. The molecule has 0 unspecified atom stereocenters. The van der Waals surface area contributed by atoms with E-state index < -0.39 is 11.7 Å². The van der Waals surface area contributed by atoms with Crippen LogP contribution in [0.2, 0.25) is 5.02 Å². The lowest BCUT2D eigenvalue weighted by molar-refractivity contribution is 0.102. The third kappa shape index (κ3) is 2.86. The summed E-state index contributed by atoms with van der Waals surface area (Å²) in [5, 5.41) is 2.87. The number of anilines is 1. The summed E-state index contributed by atoms with van der Waals surface area (Å²) in [4.78, 5) is 15.8. The van der Waals surface area contributed by atoms with Crippen LogP contribution in [0, 0.1) is 5.82 Å². The summed E-state index contributed by atoms with van der Waals surface area (Å²) in [5.74, 6) is -1.19. The van der Waals surface area contributed by atoms with Crippen molar-refractivity contribution >= 4 is 39.1 Å². The third-order valence-corrected chi connectivity index (χ3v) is 3.06. The quantitative estimate of drug-likeness (QED) is 0.908. The van der Waals surface area contributed by atoms with Crippen molar-refractivity contribution in [1.29, 1.82) is 0 Å². The number of hydrogen-bond donors (Lipinski definition) is 1. The molecule has 92 valence electrons. The van der Waals surface area contributed by atoms with E-state index in [2.05, 4.69) is 26.2 Å². The Morgan fingerprint density at radius 2 is 2.17 bits per heavy atom.